The number of aromatic nitrogens is 2. The van der Waals surface area contributed by atoms with E-state index in [0.29, 0.717) is 13.0 Å². The lowest BCUT2D eigenvalue weighted by atomic mass is 9.76. The van der Waals surface area contributed by atoms with E-state index in [-0.39, 0.29) is 11.3 Å². The second kappa shape index (κ2) is 6.88. The number of likely N-dealkylation sites (tertiary alicyclic amines) is 2. The SMILES string of the molecule is CC(=O)N1CC2(CCN(Cc3nc4c(C)c(C)ccc4[nH]3)CC2)CC1C(=O)O. The van der Waals surface area contributed by atoms with Crippen molar-refractivity contribution in [3.05, 3.63) is 29.1 Å². The standard InChI is InChI=1S/C21H28N4O3/c1-13-4-5-16-19(14(13)2)23-18(22-16)11-24-8-6-21(7-9-24)10-17(20(27)28)25(12-21)15(3)26/h4-5,17H,6-12H2,1-3H3,(H,22,23)(H,27,28). The van der Waals surface area contributed by atoms with Gasteiger partial charge in [0.2, 0.25) is 5.91 Å². The molecule has 1 spiro atoms. The van der Waals surface area contributed by atoms with Crippen molar-refractivity contribution < 1.29 is 14.7 Å². The summed E-state index contributed by atoms with van der Waals surface area (Å²) in [7, 11) is 0. The number of carboxylic acids is 1. The third-order valence-corrected chi connectivity index (χ3v) is 6.72. The first-order chi connectivity index (χ1) is 13.3. The number of hydrogen-bond donors (Lipinski definition) is 2. The Balaban J connectivity index is 1.43. The first-order valence-corrected chi connectivity index (χ1v) is 9.95. The summed E-state index contributed by atoms with van der Waals surface area (Å²) < 4.78 is 0. The van der Waals surface area contributed by atoms with Crippen LogP contribution in [0.1, 0.15) is 43.1 Å². The number of fused-ring (bicyclic) bond motifs is 1. The van der Waals surface area contributed by atoms with Crippen LogP contribution in [-0.4, -0.2) is 62.4 Å². The number of hydrogen-bond acceptors (Lipinski definition) is 4. The van der Waals surface area contributed by atoms with Gasteiger partial charge < -0.3 is 15.0 Å². The summed E-state index contributed by atoms with van der Waals surface area (Å²) in [5.74, 6) is -0.0538. The molecule has 2 N–H and O–H groups in total. The smallest absolute Gasteiger partial charge is 0.326 e. The van der Waals surface area contributed by atoms with E-state index in [0.717, 1.165) is 49.3 Å². The normalized spacial score (nSPS) is 22.2. The van der Waals surface area contributed by atoms with Crippen LogP contribution in [0.15, 0.2) is 12.1 Å². The van der Waals surface area contributed by atoms with Crippen LogP contribution >= 0.6 is 0 Å². The average Bonchev–Trinajstić information content (AvgIpc) is 3.23. The number of piperidine rings is 1. The van der Waals surface area contributed by atoms with Crippen molar-refractivity contribution in [2.75, 3.05) is 19.6 Å². The summed E-state index contributed by atoms with van der Waals surface area (Å²) in [5.41, 5.74) is 4.51. The molecule has 3 heterocycles. The minimum Gasteiger partial charge on any atom is -0.480 e. The number of aryl methyl sites for hydroxylation is 2. The van der Waals surface area contributed by atoms with Gasteiger partial charge in [0, 0.05) is 13.5 Å². The van der Waals surface area contributed by atoms with E-state index in [1.807, 2.05) is 0 Å². The largest absolute Gasteiger partial charge is 0.480 e. The zero-order valence-electron chi connectivity index (χ0n) is 16.8. The number of aliphatic carboxylic acids is 1. The number of imidazole rings is 1. The van der Waals surface area contributed by atoms with Crippen LogP contribution in [0, 0.1) is 19.3 Å². The van der Waals surface area contributed by atoms with Crippen LogP contribution in [0.3, 0.4) is 0 Å². The van der Waals surface area contributed by atoms with E-state index in [1.165, 1.54) is 18.1 Å². The minimum absolute atomic E-state index is 0.0627. The number of aromatic amines is 1. The molecular weight excluding hydrogens is 356 g/mol. The van der Waals surface area contributed by atoms with Crippen molar-refractivity contribution in [1.82, 2.24) is 19.8 Å². The molecule has 1 amide bonds. The van der Waals surface area contributed by atoms with E-state index >= 15 is 0 Å². The zero-order chi connectivity index (χ0) is 20.1. The van der Waals surface area contributed by atoms with Crippen LogP contribution in [0.25, 0.3) is 11.0 Å². The number of carbonyl (C=O) groups is 2. The number of nitrogens with zero attached hydrogens (tertiary/aromatic N) is 3. The summed E-state index contributed by atoms with van der Waals surface area (Å²) in [6.07, 6.45) is 2.40. The molecular formula is C21H28N4O3. The number of nitrogens with one attached hydrogen (secondary N) is 1. The average molecular weight is 384 g/mol. The van der Waals surface area contributed by atoms with Gasteiger partial charge in [0.15, 0.2) is 0 Å². The maximum atomic E-state index is 11.9. The molecule has 0 aliphatic carbocycles. The molecule has 1 aromatic heterocycles. The number of carbonyl (C=O) groups excluding carboxylic acids is 1. The van der Waals surface area contributed by atoms with Crippen molar-refractivity contribution >= 4 is 22.9 Å². The van der Waals surface area contributed by atoms with Gasteiger partial charge in [-0.3, -0.25) is 9.69 Å². The van der Waals surface area contributed by atoms with Crippen molar-refractivity contribution in [2.45, 2.75) is 52.6 Å². The quantitative estimate of drug-likeness (QED) is 0.849. The Bertz CT molecular complexity index is 903. The van der Waals surface area contributed by atoms with E-state index in [4.69, 9.17) is 4.98 Å². The molecule has 0 radical (unpaired) electrons. The van der Waals surface area contributed by atoms with E-state index in [2.05, 4.69) is 35.9 Å². The Morgan fingerprint density at radius 3 is 2.61 bits per heavy atom. The molecule has 4 rings (SSSR count). The highest BCUT2D eigenvalue weighted by atomic mass is 16.4. The fourth-order valence-corrected chi connectivity index (χ4v) is 4.81. The molecule has 1 unspecified atom stereocenters. The molecule has 2 aromatic rings. The number of H-pyrrole nitrogens is 1. The molecule has 0 saturated carbocycles. The Kier molecular flexibility index (Phi) is 4.65. The summed E-state index contributed by atoms with van der Waals surface area (Å²) >= 11 is 0. The first kappa shape index (κ1) is 18.9. The second-order valence-corrected chi connectivity index (χ2v) is 8.57. The van der Waals surface area contributed by atoms with Gasteiger partial charge in [-0.1, -0.05) is 6.07 Å². The third kappa shape index (κ3) is 3.28. The van der Waals surface area contributed by atoms with E-state index < -0.39 is 12.0 Å². The van der Waals surface area contributed by atoms with Crippen molar-refractivity contribution in [3.8, 4) is 0 Å². The van der Waals surface area contributed by atoms with Gasteiger partial charge >= 0.3 is 5.97 Å². The lowest BCUT2D eigenvalue weighted by Crippen LogP contribution is -2.42. The maximum Gasteiger partial charge on any atom is 0.326 e. The monoisotopic (exact) mass is 384 g/mol. The number of amides is 1. The van der Waals surface area contributed by atoms with Crippen molar-refractivity contribution in [1.29, 1.82) is 0 Å². The van der Waals surface area contributed by atoms with Gasteiger partial charge in [0.1, 0.15) is 11.9 Å². The summed E-state index contributed by atoms with van der Waals surface area (Å²) in [4.78, 5) is 35.6. The van der Waals surface area contributed by atoms with Gasteiger partial charge in [-0.15, -0.1) is 0 Å². The van der Waals surface area contributed by atoms with Gasteiger partial charge in [-0.25, -0.2) is 9.78 Å². The lowest BCUT2D eigenvalue weighted by molar-refractivity contribution is -0.147. The fourth-order valence-electron chi connectivity index (χ4n) is 4.81. The highest BCUT2D eigenvalue weighted by molar-refractivity contribution is 5.83. The molecule has 0 bridgehead atoms. The number of rotatable bonds is 3. The van der Waals surface area contributed by atoms with Crippen LogP contribution in [0.5, 0.6) is 0 Å². The Labute approximate surface area is 164 Å². The summed E-state index contributed by atoms with van der Waals surface area (Å²) in [5, 5.41) is 9.49. The maximum absolute atomic E-state index is 11.9. The first-order valence-electron chi connectivity index (χ1n) is 9.95. The molecule has 2 aliphatic rings. The third-order valence-electron chi connectivity index (χ3n) is 6.72. The molecule has 7 nitrogen and oxygen atoms in total. The fraction of sp³-hybridized carbons (Fsp3) is 0.571. The number of benzene rings is 1. The minimum atomic E-state index is -0.887. The van der Waals surface area contributed by atoms with E-state index in [1.54, 1.807) is 4.90 Å². The molecule has 2 aliphatic heterocycles. The number of carboxylic acid groups (broad SMARTS) is 1. The Morgan fingerprint density at radius 2 is 2.00 bits per heavy atom. The Morgan fingerprint density at radius 1 is 1.29 bits per heavy atom. The summed E-state index contributed by atoms with van der Waals surface area (Å²) in [6, 6.07) is 3.52. The van der Waals surface area contributed by atoms with Gasteiger partial charge in [-0.2, -0.15) is 0 Å². The van der Waals surface area contributed by atoms with E-state index in [9.17, 15) is 14.7 Å². The zero-order valence-corrected chi connectivity index (χ0v) is 16.8. The molecule has 28 heavy (non-hydrogen) atoms. The highest BCUT2D eigenvalue weighted by Crippen LogP contribution is 2.43. The predicted octanol–water partition coefficient (Wildman–Crippen LogP) is 2.47. The molecule has 150 valence electrons. The van der Waals surface area contributed by atoms with Gasteiger partial charge in [0.25, 0.3) is 0 Å². The molecule has 7 heteroatoms. The summed E-state index contributed by atoms with van der Waals surface area (Å²) in [6.45, 7) is 8.80. The Hall–Kier alpha value is -2.41. The van der Waals surface area contributed by atoms with Crippen molar-refractivity contribution in [2.24, 2.45) is 5.41 Å². The van der Waals surface area contributed by atoms with Gasteiger partial charge in [0.05, 0.1) is 17.6 Å². The molecule has 1 aromatic carbocycles. The highest BCUT2D eigenvalue weighted by Gasteiger charge is 2.49. The molecule has 1 atom stereocenters. The van der Waals surface area contributed by atoms with Crippen LogP contribution in [-0.2, 0) is 16.1 Å². The van der Waals surface area contributed by atoms with Crippen molar-refractivity contribution in [3.63, 3.8) is 0 Å². The predicted molar refractivity (Wildman–Crippen MR) is 106 cm³/mol. The lowest BCUT2D eigenvalue weighted by Gasteiger charge is -2.38. The van der Waals surface area contributed by atoms with Crippen LogP contribution in [0.4, 0.5) is 0 Å². The van der Waals surface area contributed by atoms with Crippen LogP contribution in [0.2, 0.25) is 0 Å². The van der Waals surface area contributed by atoms with Crippen LogP contribution < -0.4 is 0 Å². The molecule has 2 saturated heterocycles. The second-order valence-electron chi connectivity index (χ2n) is 8.57. The molecule has 2 fully saturated rings. The topological polar surface area (TPSA) is 89.5 Å². The van der Waals surface area contributed by atoms with Gasteiger partial charge in [-0.05, 0) is 68.8 Å².